The molecule has 17 heteroatoms. The van der Waals surface area contributed by atoms with E-state index in [1.165, 1.54) is 13.2 Å². The van der Waals surface area contributed by atoms with Gasteiger partial charge in [-0.25, -0.2) is 19.4 Å². The molecule has 12 nitrogen and oxygen atoms in total. The van der Waals surface area contributed by atoms with Gasteiger partial charge in [0.15, 0.2) is 0 Å². The first-order valence-corrected chi connectivity index (χ1v) is 18.9. The van der Waals surface area contributed by atoms with Crippen molar-refractivity contribution in [2.45, 2.75) is 43.4 Å². The van der Waals surface area contributed by atoms with E-state index in [1.807, 2.05) is 18.2 Å². The second kappa shape index (κ2) is 14.5. The number of carbonyl (C=O) groups is 1. The molecule has 0 saturated carbocycles. The molecule has 5 aromatic rings. The lowest BCUT2D eigenvalue weighted by Gasteiger charge is -2.40. The van der Waals surface area contributed by atoms with E-state index in [2.05, 4.69) is 25.6 Å². The summed E-state index contributed by atoms with van der Waals surface area (Å²) >= 11 is 14.1. The molecule has 292 valence electrons. The molecule has 2 amide bonds. The fourth-order valence-electron chi connectivity index (χ4n) is 8.26. The Hall–Kier alpha value is -4.96. The van der Waals surface area contributed by atoms with Crippen LogP contribution < -0.4 is 20.9 Å². The van der Waals surface area contributed by atoms with Crippen LogP contribution in [0.2, 0.25) is 10.0 Å². The number of aromatic nitrogens is 4. The molecule has 1 spiro atoms. The van der Waals surface area contributed by atoms with Crippen LogP contribution in [0.5, 0.6) is 5.88 Å². The third kappa shape index (κ3) is 6.69. The van der Waals surface area contributed by atoms with Crippen LogP contribution >= 0.6 is 23.2 Å². The molecule has 3 aliphatic rings. The highest BCUT2D eigenvalue weighted by Gasteiger charge is 2.46. The summed E-state index contributed by atoms with van der Waals surface area (Å²) in [5.41, 5.74) is 2.44. The normalized spacial score (nSPS) is 19.8. The van der Waals surface area contributed by atoms with Crippen LogP contribution in [0.1, 0.15) is 42.1 Å². The van der Waals surface area contributed by atoms with Gasteiger partial charge in [0.25, 0.3) is 5.56 Å². The standard InChI is InChI=1S/C39H37Cl2F3N8O4/c1-50-36(54)31-22(19-45-50)18-29(39(42,43)44)48-34(31)46-26-8-4-6-24(33(26)41)23-5-3-7-25(32(23)40)27-17-21-9-10-28(30(21)35(47-27)56-2)52-14-12-38(20-52)11-13-51(15-16-53)37(55)49-38/h3-8,17-19,28,53H,9-16,20H2,1-2H3,(H,46,48)(H,49,55)/t28-,38-/m0/s1. The van der Waals surface area contributed by atoms with Gasteiger partial charge in [0.2, 0.25) is 5.88 Å². The van der Waals surface area contributed by atoms with Gasteiger partial charge in [-0.3, -0.25) is 9.69 Å². The number of aliphatic hydroxyl groups is 1. The number of hydrogen-bond donors (Lipinski definition) is 3. The maximum absolute atomic E-state index is 13.9. The van der Waals surface area contributed by atoms with Gasteiger partial charge >= 0.3 is 12.2 Å². The molecule has 2 atom stereocenters. The Labute approximate surface area is 329 Å². The number of rotatable bonds is 8. The molecule has 1 aliphatic carbocycles. The van der Waals surface area contributed by atoms with Crippen molar-refractivity contribution in [3.8, 4) is 28.3 Å². The molecule has 2 aromatic carbocycles. The predicted molar refractivity (Wildman–Crippen MR) is 207 cm³/mol. The van der Waals surface area contributed by atoms with Crippen molar-refractivity contribution in [3.63, 3.8) is 0 Å². The molecule has 2 fully saturated rings. The Kier molecular flexibility index (Phi) is 9.84. The first-order chi connectivity index (χ1) is 26.8. The van der Waals surface area contributed by atoms with Crippen molar-refractivity contribution in [1.82, 2.24) is 34.9 Å². The smallest absolute Gasteiger partial charge is 0.433 e. The number of likely N-dealkylation sites (tertiary alicyclic amines) is 1. The lowest BCUT2D eigenvalue weighted by atomic mass is 9.92. The minimum Gasteiger partial charge on any atom is -0.481 e. The number of amides is 2. The number of aryl methyl sites for hydroxylation is 2. The summed E-state index contributed by atoms with van der Waals surface area (Å²) in [7, 11) is 2.99. The molecule has 3 N–H and O–H groups in total. The van der Waals surface area contributed by atoms with Crippen molar-refractivity contribution in [3.05, 3.63) is 91.9 Å². The van der Waals surface area contributed by atoms with E-state index in [1.54, 1.807) is 36.3 Å². The number of fused-ring (bicyclic) bond motifs is 2. The number of nitrogens with one attached hydrogen (secondary N) is 2. The zero-order valence-corrected chi connectivity index (χ0v) is 31.9. The quantitative estimate of drug-likeness (QED) is 0.152. The predicted octanol–water partition coefficient (Wildman–Crippen LogP) is 6.97. The SMILES string of the molecule is COc1nc(-c2cccc(-c3cccc(Nc4nc(C(F)(F)F)cc5cnn(C)c(=O)c45)c3Cl)c2Cl)cc2c1[C@@H](N1CC[C@@]3(CCN(CCO)C(=O)N3)C1)CC2. The van der Waals surface area contributed by atoms with E-state index in [0.717, 1.165) is 54.1 Å². The van der Waals surface area contributed by atoms with Gasteiger partial charge in [0, 0.05) is 66.9 Å². The zero-order valence-electron chi connectivity index (χ0n) is 30.4. The van der Waals surface area contributed by atoms with Crippen molar-refractivity contribution in [1.29, 1.82) is 0 Å². The van der Waals surface area contributed by atoms with Crippen molar-refractivity contribution >= 4 is 51.5 Å². The summed E-state index contributed by atoms with van der Waals surface area (Å²) in [5, 5.41) is 19.7. The van der Waals surface area contributed by atoms with Gasteiger partial charge in [-0.05, 0) is 49.4 Å². The number of anilines is 2. The number of ether oxygens (including phenoxy) is 1. The lowest BCUT2D eigenvalue weighted by molar-refractivity contribution is -0.141. The summed E-state index contributed by atoms with van der Waals surface area (Å²) in [6, 6.07) is 13.2. The number of benzene rings is 2. The van der Waals surface area contributed by atoms with Crippen LogP contribution in [0.15, 0.2) is 59.5 Å². The number of urea groups is 1. The van der Waals surface area contributed by atoms with E-state index in [9.17, 15) is 27.9 Å². The topological polar surface area (TPSA) is 138 Å². The van der Waals surface area contributed by atoms with Gasteiger partial charge < -0.3 is 25.4 Å². The Morgan fingerprint density at radius 3 is 2.50 bits per heavy atom. The average Bonchev–Trinajstić information content (AvgIpc) is 3.79. The fourth-order valence-corrected chi connectivity index (χ4v) is 8.86. The number of hydrogen-bond acceptors (Lipinski definition) is 9. The number of methoxy groups -OCH3 is 1. The third-order valence-electron chi connectivity index (χ3n) is 11.1. The largest absolute Gasteiger partial charge is 0.481 e. The van der Waals surface area contributed by atoms with Crippen molar-refractivity contribution < 1.29 is 27.8 Å². The molecule has 8 rings (SSSR count). The third-order valence-corrected chi connectivity index (χ3v) is 11.9. The highest BCUT2D eigenvalue weighted by Crippen LogP contribution is 2.47. The summed E-state index contributed by atoms with van der Waals surface area (Å²) in [4.78, 5) is 38.6. The molecule has 2 aliphatic heterocycles. The minimum atomic E-state index is -4.78. The summed E-state index contributed by atoms with van der Waals surface area (Å²) in [5.74, 6) is 0.178. The Bertz CT molecular complexity index is 2450. The molecule has 0 radical (unpaired) electrons. The number of alkyl halides is 3. The van der Waals surface area contributed by atoms with Crippen molar-refractivity contribution in [2.75, 3.05) is 45.2 Å². The van der Waals surface area contributed by atoms with Crippen LogP contribution in [0, 0.1) is 0 Å². The fraction of sp³-hybridized carbons (Fsp3) is 0.359. The minimum absolute atomic E-state index is 0.0297. The van der Waals surface area contributed by atoms with E-state index < -0.39 is 17.4 Å². The first kappa shape index (κ1) is 37.9. The molecule has 3 aromatic heterocycles. The van der Waals surface area contributed by atoms with E-state index in [4.69, 9.17) is 32.9 Å². The lowest BCUT2D eigenvalue weighted by Crippen LogP contribution is -2.61. The van der Waals surface area contributed by atoms with Gasteiger partial charge in [-0.1, -0.05) is 53.5 Å². The summed E-state index contributed by atoms with van der Waals surface area (Å²) in [6.45, 7) is 2.36. The number of nitrogens with zero attached hydrogens (tertiary/aromatic N) is 6. The number of halogens is 5. The Balaban J connectivity index is 1.10. The first-order valence-electron chi connectivity index (χ1n) is 18.1. The molecule has 0 unspecified atom stereocenters. The Morgan fingerprint density at radius 2 is 1.77 bits per heavy atom. The number of β-amino-alcohol motifs (C(OH)–C–C–N with tert-alkyl or cyclic N) is 1. The highest BCUT2D eigenvalue weighted by atomic mass is 35.5. The molecule has 0 bridgehead atoms. The van der Waals surface area contributed by atoms with E-state index in [0.29, 0.717) is 52.9 Å². The van der Waals surface area contributed by atoms with Crippen LogP contribution in [-0.4, -0.2) is 86.1 Å². The molecule has 5 heterocycles. The molecular weight excluding hydrogens is 772 g/mol. The van der Waals surface area contributed by atoms with Gasteiger partial charge in [0.05, 0.1) is 52.3 Å². The summed E-state index contributed by atoms with van der Waals surface area (Å²) in [6.07, 6.45) is -0.318. The second-order valence-electron chi connectivity index (χ2n) is 14.4. The maximum Gasteiger partial charge on any atom is 0.433 e. The molecular formula is C39H37Cl2F3N8O4. The number of pyridine rings is 2. The Morgan fingerprint density at radius 1 is 1.04 bits per heavy atom. The maximum atomic E-state index is 13.9. The van der Waals surface area contributed by atoms with Gasteiger partial charge in [-0.2, -0.15) is 18.3 Å². The van der Waals surface area contributed by atoms with Gasteiger partial charge in [0.1, 0.15) is 11.5 Å². The number of carbonyl (C=O) groups excluding carboxylic acids is 1. The van der Waals surface area contributed by atoms with Crippen molar-refractivity contribution in [2.24, 2.45) is 7.05 Å². The van der Waals surface area contributed by atoms with E-state index in [-0.39, 0.29) is 51.5 Å². The highest BCUT2D eigenvalue weighted by molar-refractivity contribution is 6.39. The zero-order chi connectivity index (χ0) is 39.5. The second-order valence-corrected chi connectivity index (χ2v) is 15.1. The molecule has 2 saturated heterocycles. The molecule has 56 heavy (non-hydrogen) atoms. The van der Waals surface area contributed by atoms with Crippen LogP contribution in [0.3, 0.4) is 0 Å². The monoisotopic (exact) mass is 808 g/mol. The van der Waals surface area contributed by atoms with Gasteiger partial charge in [-0.15, -0.1) is 0 Å². The van der Waals surface area contributed by atoms with E-state index >= 15 is 0 Å². The summed E-state index contributed by atoms with van der Waals surface area (Å²) < 4.78 is 48.5. The number of aliphatic hydroxyl groups excluding tert-OH is 1. The van der Waals surface area contributed by atoms with Crippen LogP contribution in [-0.2, 0) is 19.6 Å². The van der Waals surface area contributed by atoms with Crippen LogP contribution in [0.4, 0.5) is 29.5 Å². The van der Waals surface area contributed by atoms with Crippen LogP contribution in [0.25, 0.3) is 33.2 Å². The average molecular weight is 810 g/mol.